The molecule has 0 aliphatic carbocycles. The van der Waals surface area contributed by atoms with Crippen LogP contribution in [0.4, 0.5) is 15.8 Å². The van der Waals surface area contributed by atoms with Gasteiger partial charge in [-0.25, -0.2) is 14.1 Å². The minimum Gasteiger partial charge on any atom is -0.462 e. The van der Waals surface area contributed by atoms with E-state index in [0.717, 1.165) is 35.6 Å². The van der Waals surface area contributed by atoms with E-state index in [1.54, 1.807) is 24.3 Å². The Bertz CT molecular complexity index is 1380. The number of halogens is 3. The normalized spacial score (nSPS) is 13.4. The molecule has 1 heterocycles. The van der Waals surface area contributed by atoms with Crippen LogP contribution in [0.25, 0.3) is 0 Å². The lowest BCUT2D eigenvalue weighted by Crippen LogP contribution is -2.32. The lowest BCUT2D eigenvalue weighted by molar-refractivity contribution is -0.120. The number of ether oxygens (including phenoxy) is 1. The van der Waals surface area contributed by atoms with E-state index in [4.69, 9.17) is 27.9 Å². The van der Waals surface area contributed by atoms with Gasteiger partial charge in [0.2, 0.25) is 0 Å². The maximum Gasteiger partial charge on any atom is 0.338 e. The number of hydrogen-bond donors (Lipinski definition) is 1. The zero-order valence-electron chi connectivity index (χ0n) is 19.6. The second kappa shape index (κ2) is 11.8. The topological polar surface area (TPSA) is 75.7 Å². The molecule has 2 amide bonds. The lowest BCUT2D eigenvalue weighted by Gasteiger charge is -2.16. The molecule has 0 spiro atoms. The summed E-state index contributed by atoms with van der Waals surface area (Å²) in [7, 11) is 0. The van der Waals surface area contributed by atoms with Crippen molar-refractivity contribution in [3.05, 3.63) is 98.8 Å². The van der Waals surface area contributed by atoms with Crippen molar-refractivity contribution in [3.63, 3.8) is 0 Å². The number of amides is 2. The Hall–Kier alpha value is -3.33. The van der Waals surface area contributed by atoms with Gasteiger partial charge in [0.15, 0.2) is 0 Å². The number of imide groups is 1. The average molecular weight is 559 g/mol. The van der Waals surface area contributed by atoms with Gasteiger partial charge >= 0.3 is 5.97 Å². The molecule has 0 saturated heterocycles. The highest BCUT2D eigenvalue weighted by Gasteiger charge is 2.40. The molecule has 3 aromatic carbocycles. The van der Waals surface area contributed by atoms with Gasteiger partial charge in [0.1, 0.15) is 16.4 Å². The summed E-state index contributed by atoms with van der Waals surface area (Å²) in [5, 5.41) is 3.32. The third-order valence-corrected chi connectivity index (χ3v) is 6.99. The molecule has 0 saturated carbocycles. The molecule has 10 heteroatoms. The van der Waals surface area contributed by atoms with Crippen LogP contribution in [0.15, 0.2) is 82.2 Å². The first-order valence-electron chi connectivity index (χ1n) is 11.3. The first-order chi connectivity index (χ1) is 17.8. The van der Waals surface area contributed by atoms with Gasteiger partial charge in [-0.3, -0.25) is 9.59 Å². The average Bonchev–Trinajstić information content (AvgIpc) is 3.11. The molecule has 1 aliphatic heterocycles. The number of esters is 1. The van der Waals surface area contributed by atoms with Crippen LogP contribution in [0.3, 0.4) is 0 Å². The fourth-order valence-corrected chi connectivity index (χ4v) is 4.66. The van der Waals surface area contributed by atoms with E-state index in [9.17, 15) is 18.8 Å². The maximum atomic E-state index is 13.7. The van der Waals surface area contributed by atoms with Crippen molar-refractivity contribution in [1.82, 2.24) is 0 Å². The minimum atomic E-state index is -0.611. The van der Waals surface area contributed by atoms with E-state index < -0.39 is 23.6 Å². The Labute approximate surface area is 227 Å². The molecule has 1 N–H and O–H groups in total. The molecule has 190 valence electrons. The third-order valence-electron chi connectivity index (χ3n) is 5.36. The van der Waals surface area contributed by atoms with Gasteiger partial charge in [-0.15, -0.1) is 0 Å². The number of rotatable bonds is 9. The van der Waals surface area contributed by atoms with Crippen LogP contribution in [0.2, 0.25) is 10.0 Å². The largest absolute Gasteiger partial charge is 0.462 e. The Balaban J connectivity index is 1.64. The van der Waals surface area contributed by atoms with E-state index in [1.165, 1.54) is 36.4 Å². The zero-order chi connectivity index (χ0) is 26.5. The molecule has 0 fully saturated rings. The molecule has 37 heavy (non-hydrogen) atoms. The second-order valence-electron chi connectivity index (χ2n) is 8.00. The fraction of sp³-hybridized carbons (Fsp3) is 0.148. The lowest BCUT2D eigenvalue weighted by atomic mass is 10.2. The summed E-state index contributed by atoms with van der Waals surface area (Å²) in [5.74, 6) is -2.26. The fourth-order valence-electron chi connectivity index (χ4n) is 3.43. The van der Waals surface area contributed by atoms with E-state index in [1.807, 2.05) is 6.92 Å². The molecular weight excluding hydrogens is 538 g/mol. The molecule has 6 nitrogen and oxygen atoms in total. The first kappa shape index (κ1) is 26.7. The quantitative estimate of drug-likeness (QED) is 0.172. The van der Waals surface area contributed by atoms with Crippen molar-refractivity contribution in [1.29, 1.82) is 0 Å². The summed E-state index contributed by atoms with van der Waals surface area (Å²) in [6.07, 6.45) is 1.66. The van der Waals surface area contributed by atoms with Crippen molar-refractivity contribution >= 4 is 64.1 Å². The molecule has 4 rings (SSSR count). The monoisotopic (exact) mass is 558 g/mol. The van der Waals surface area contributed by atoms with Crippen LogP contribution in [0.1, 0.15) is 30.1 Å². The van der Waals surface area contributed by atoms with Crippen LogP contribution < -0.4 is 10.2 Å². The zero-order valence-corrected chi connectivity index (χ0v) is 21.9. The summed E-state index contributed by atoms with van der Waals surface area (Å²) >= 11 is 13.0. The molecule has 0 bridgehead atoms. The number of carbonyl (C=O) groups is 3. The predicted octanol–water partition coefficient (Wildman–Crippen LogP) is 7.08. The SMILES string of the molecule is CCCCOC(=O)c1ccc(N2C(=O)C(Nc3ccc(F)c(Cl)c3)=C(Sc3ccc(Cl)cc3)C2=O)cc1. The van der Waals surface area contributed by atoms with Gasteiger partial charge in [0, 0.05) is 15.6 Å². The van der Waals surface area contributed by atoms with Crippen molar-refractivity contribution in [2.24, 2.45) is 0 Å². The van der Waals surface area contributed by atoms with Gasteiger partial charge in [0.05, 0.1) is 22.9 Å². The van der Waals surface area contributed by atoms with E-state index in [0.29, 0.717) is 27.8 Å². The number of nitrogens with one attached hydrogen (secondary N) is 1. The molecule has 0 aromatic heterocycles. The van der Waals surface area contributed by atoms with Crippen LogP contribution >= 0.6 is 35.0 Å². The van der Waals surface area contributed by atoms with Gasteiger partial charge in [-0.05, 0) is 73.2 Å². The van der Waals surface area contributed by atoms with Gasteiger partial charge in [-0.2, -0.15) is 0 Å². The maximum absolute atomic E-state index is 13.7. The predicted molar refractivity (Wildman–Crippen MR) is 143 cm³/mol. The number of thioether (sulfide) groups is 1. The van der Waals surface area contributed by atoms with Crippen LogP contribution in [-0.4, -0.2) is 24.4 Å². The van der Waals surface area contributed by atoms with Gasteiger partial charge in [-0.1, -0.05) is 48.3 Å². The molecular formula is C27H21Cl2FN2O4S. The highest BCUT2D eigenvalue weighted by atomic mass is 35.5. The van der Waals surface area contributed by atoms with Gasteiger partial charge in [0.25, 0.3) is 11.8 Å². The van der Waals surface area contributed by atoms with Crippen LogP contribution in [0.5, 0.6) is 0 Å². The molecule has 3 aromatic rings. The van der Waals surface area contributed by atoms with Crippen molar-refractivity contribution in [2.45, 2.75) is 24.7 Å². The van der Waals surface area contributed by atoms with Crippen molar-refractivity contribution in [3.8, 4) is 0 Å². The highest BCUT2D eigenvalue weighted by Crippen LogP contribution is 2.38. The summed E-state index contributed by atoms with van der Waals surface area (Å²) < 4.78 is 18.9. The number of benzene rings is 3. The summed E-state index contributed by atoms with van der Waals surface area (Å²) in [5.41, 5.74) is 0.935. The van der Waals surface area contributed by atoms with Crippen molar-refractivity contribution < 1.29 is 23.5 Å². The molecule has 0 unspecified atom stereocenters. The van der Waals surface area contributed by atoms with Gasteiger partial charge < -0.3 is 10.1 Å². The molecule has 0 radical (unpaired) electrons. The molecule has 0 atom stereocenters. The standard InChI is InChI=1S/C27H21Cl2FN2O4S/c1-2-3-14-36-27(35)16-4-9-19(10-5-16)32-25(33)23(31-18-8-13-22(30)21(29)15-18)24(26(32)34)37-20-11-6-17(28)7-12-20/h4-13,15,31H,2-3,14H2,1H3. The van der Waals surface area contributed by atoms with Crippen molar-refractivity contribution in [2.75, 3.05) is 16.8 Å². The second-order valence-corrected chi connectivity index (χ2v) is 9.92. The third kappa shape index (κ3) is 6.15. The summed E-state index contributed by atoms with van der Waals surface area (Å²) in [6, 6.07) is 16.7. The highest BCUT2D eigenvalue weighted by molar-refractivity contribution is 8.04. The number of nitrogens with zero attached hydrogens (tertiary/aromatic N) is 1. The Morgan fingerprint density at radius 3 is 2.35 bits per heavy atom. The number of hydrogen-bond acceptors (Lipinski definition) is 6. The van der Waals surface area contributed by atoms with E-state index in [2.05, 4.69) is 5.32 Å². The Kier molecular flexibility index (Phi) is 8.53. The Morgan fingerprint density at radius 1 is 1.00 bits per heavy atom. The number of unbranched alkanes of at least 4 members (excludes halogenated alkanes) is 1. The minimum absolute atomic E-state index is 0.00989. The van der Waals surface area contributed by atoms with Crippen LogP contribution in [0, 0.1) is 5.82 Å². The summed E-state index contributed by atoms with van der Waals surface area (Å²) in [4.78, 5) is 41.0. The van der Waals surface area contributed by atoms with Crippen LogP contribution in [-0.2, 0) is 14.3 Å². The van der Waals surface area contributed by atoms with E-state index >= 15 is 0 Å². The summed E-state index contributed by atoms with van der Waals surface area (Å²) in [6.45, 7) is 2.31. The van der Waals surface area contributed by atoms with E-state index in [-0.39, 0.29) is 21.3 Å². The first-order valence-corrected chi connectivity index (χ1v) is 12.9. The molecule has 1 aliphatic rings. The number of anilines is 2. The Morgan fingerprint density at radius 2 is 1.70 bits per heavy atom. The smallest absolute Gasteiger partial charge is 0.338 e. The number of carbonyl (C=O) groups excluding carboxylic acids is 3.